The van der Waals surface area contributed by atoms with Crippen LogP contribution in [0.15, 0.2) is 65.9 Å². The Morgan fingerprint density at radius 3 is 2.19 bits per heavy atom. The Hall–Kier alpha value is -2.88. The highest BCUT2D eigenvalue weighted by atomic mass is 16.3. The van der Waals surface area contributed by atoms with Crippen molar-refractivity contribution in [2.45, 2.75) is 41.0 Å². The molecule has 140 valence electrons. The summed E-state index contributed by atoms with van der Waals surface area (Å²) in [5.41, 5.74) is 5.17. The van der Waals surface area contributed by atoms with Crippen LogP contribution in [0.5, 0.6) is 0 Å². The molecule has 2 N–H and O–H groups in total. The lowest BCUT2D eigenvalue weighted by Gasteiger charge is -2.07. The van der Waals surface area contributed by atoms with Crippen molar-refractivity contribution in [3.63, 3.8) is 0 Å². The minimum Gasteiger partial charge on any atom is -0.483 e. The van der Waals surface area contributed by atoms with Gasteiger partial charge in [-0.15, -0.1) is 0 Å². The fourth-order valence-corrected chi connectivity index (χ4v) is 2.14. The van der Waals surface area contributed by atoms with Crippen LogP contribution in [0, 0.1) is 6.92 Å². The van der Waals surface area contributed by atoms with E-state index in [4.69, 9.17) is 9.90 Å². The number of aryl methyl sites for hydroxylation is 1. The molecule has 0 bridgehead atoms. The Labute approximate surface area is 156 Å². The second-order valence-electron chi connectivity index (χ2n) is 5.43. The van der Waals surface area contributed by atoms with Gasteiger partial charge in [-0.25, -0.2) is 0 Å². The van der Waals surface area contributed by atoms with Crippen LogP contribution in [0.2, 0.25) is 0 Å². The second-order valence-corrected chi connectivity index (χ2v) is 5.43. The first kappa shape index (κ1) is 23.1. The van der Waals surface area contributed by atoms with Crippen LogP contribution in [0.1, 0.15) is 45.2 Å². The average molecular weight is 355 g/mol. The van der Waals surface area contributed by atoms with E-state index in [0.29, 0.717) is 0 Å². The highest BCUT2D eigenvalue weighted by molar-refractivity contribution is 5.96. The number of hydrogen-bond donors (Lipinski definition) is 2. The van der Waals surface area contributed by atoms with E-state index in [1.807, 2.05) is 58.1 Å². The highest BCUT2D eigenvalue weighted by Gasteiger charge is 2.05. The molecule has 4 heteroatoms. The van der Waals surface area contributed by atoms with Gasteiger partial charge in [0.15, 0.2) is 0 Å². The summed E-state index contributed by atoms with van der Waals surface area (Å²) < 4.78 is 0. The lowest BCUT2D eigenvalue weighted by molar-refractivity contribution is -0.123. The Kier molecular flexibility index (Phi) is 11.9. The molecule has 4 nitrogen and oxygen atoms in total. The number of hydrogen-bond acceptors (Lipinski definition) is 2. The fraction of sp³-hybridized carbons (Fsp3) is 0.273. The van der Waals surface area contributed by atoms with Gasteiger partial charge in [0.05, 0.1) is 0 Å². The lowest BCUT2D eigenvalue weighted by atomic mass is 10.1. The van der Waals surface area contributed by atoms with E-state index in [1.54, 1.807) is 6.08 Å². The van der Waals surface area contributed by atoms with Gasteiger partial charge in [-0.3, -0.25) is 9.59 Å². The lowest BCUT2D eigenvalue weighted by Crippen LogP contribution is -2.20. The quantitative estimate of drug-likeness (QED) is 0.590. The Morgan fingerprint density at radius 2 is 1.62 bits per heavy atom. The third-order valence-electron chi connectivity index (χ3n) is 3.46. The van der Waals surface area contributed by atoms with Crippen molar-refractivity contribution in [2.75, 3.05) is 0 Å². The van der Waals surface area contributed by atoms with Gasteiger partial charge < -0.3 is 10.4 Å². The number of amides is 1. The number of allylic oxidation sites excluding steroid dienone is 6. The minimum atomic E-state index is -0.250. The van der Waals surface area contributed by atoms with E-state index in [2.05, 4.69) is 30.4 Å². The zero-order chi connectivity index (χ0) is 19.9. The Morgan fingerprint density at radius 1 is 1.08 bits per heavy atom. The molecule has 1 aliphatic carbocycles. The van der Waals surface area contributed by atoms with Gasteiger partial charge in [-0.2, -0.15) is 0 Å². The van der Waals surface area contributed by atoms with Crippen molar-refractivity contribution >= 4 is 18.0 Å². The van der Waals surface area contributed by atoms with Crippen LogP contribution in [0.25, 0.3) is 5.57 Å². The zero-order valence-corrected chi connectivity index (χ0v) is 16.2. The van der Waals surface area contributed by atoms with Crippen molar-refractivity contribution in [2.24, 2.45) is 0 Å². The SMILES string of the molecule is CC.CC1=C(NC(=O)/C=C(\C)c2ccc(C)cc2)C=CCC=C1.O=CO. The largest absolute Gasteiger partial charge is 0.483 e. The smallest absolute Gasteiger partial charge is 0.290 e. The van der Waals surface area contributed by atoms with Gasteiger partial charge in [-0.1, -0.05) is 61.9 Å². The van der Waals surface area contributed by atoms with Crippen molar-refractivity contribution in [1.82, 2.24) is 5.32 Å². The molecule has 1 aromatic rings. The molecular formula is C22H29NO3. The molecular weight excluding hydrogens is 326 g/mol. The van der Waals surface area contributed by atoms with Crippen molar-refractivity contribution in [3.05, 3.63) is 77.0 Å². The average Bonchev–Trinajstić information content (AvgIpc) is 2.82. The van der Waals surface area contributed by atoms with Gasteiger partial charge in [0.2, 0.25) is 5.91 Å². The highest BCUT2D eigenvalue weighted by Crippen LogP contribution is 2.15. The van der Waals surface area contributed by atoms with Crippen molar-refractivity contribution in [3.8, 4) is 0 Å². The standard InChI is InChI=1S/C19H21NO.C2H6.CH2O2/c1-14-9-11-17(12-10-14)16(3)13-19(21)20-18-8-6-4-5-7-15(18)2;1-2;2-1-3/h5-13H,4H2,1-3H3,(H,20,21);1-2H3;1H,(H,2,3)/b16-13+;;. The van der Waals surface area contributed by atoms with Crippen molar-refractivity contribution in [1.29, 1.82) is 0 Å². The first-order valence-electron chi connectivity index (χ1n) is 8.66. The summed E-state index contributed by atoms with van der Waals surface area (Å²) >= 11 is 0. The maximum Gasteiger partial charge on any atom is 0.290 e. The summed E-state index contributed by atoms with van der Waals surface area (Å²) in [5.74, 6) is -0.0950. The summed E-state index contributed by atoms with van der Waals surface area (Å²) in [7, 11) is 0. The number of carboxylic acid groups (broad SMARTS) is 1. The molecule has 26 heavy (non-hydrogen) atoms. The molecule has 0 aliphatic heterocycles. The van der Waals surface area contributed by atoms with Gasteiger partial charge >= 0.3 is 0 Å². The van der Waals surface area contributed by atoms with Crippen LogP contribution in [-0.2, 0) is 9.59 Å². The van der Waals surface area contributed by atoms with Crippen LogP contribution >= 0.6 is 0 Å². The topological polar surface area (TPSA) is 66.4 Å². The second kappa shape index (κ2) is 13.4. The molecule has 2 rings (SSSR count). The molecule has 0 spiro atoms. The minimum absolute atomic E-state index is 0.0950. The first-order chi connectivity index (χ1) is 12.5. The maximum absolute atomic E-state index is 12.1. The van der Waals surface area contributed by atoms with Gasteiger partial charge in [-0.05, 0) is 50.0 Å². The molecule has 0 fully saturated rings. The van der Waals surface area contributed by atoms with E-state index in [9.17, 15) is 4.79 Å². The first-order valence-corrected chi connectivity index (χ1v) is 8.66. The predicted octanol–water partition coefficient (Wildman–Crippen LogP) is 5.03. The molecule has 1 aromatic carbocycles. The zero-order valence-electron chi connectivity index (χ0n) is 16.2. The van der Waals surface area contributed by atoms with E-state index < -0.39 is 0 Å². The molecule has 0 radical (unpaired) electrons. The molecule has 0 unspecified atom stereocenters. The molecule has 1 aliphatic rings. The third-order valence-corrected chi connectivity index (χ3v) is 3.46. The number of benzene rings is 1. The fourth-order valence-electron chi connectivity index (χ4n) is 2.14. The van der Waals surface area contributed by atoms with E-state index in [1.165, 1.54) is 5.56 Å². The summed E-state index contributed by atoms with van der Waals surface area (Å²) in [5, 5.41) is 9.84. The van der Waals surface area contributed by atoms with E-state index in [-0.39, 0.29) is 12.4 Å². The molecule has 0 aromatic heterocycles. The normalized spacial score (nSPS) is 12.9. The van der Waals surface area contributed by atoms with Crippen molar-refractivity contribution < 1.29 is 14.7 Å². The van der Waals surface area contributed by atoms with Gasteiger partial charge in [0.25, 0.3) is 6.47 Å². The third kappa shape index (κ3) is 8.83. The number of carbonyl (C=O) groups is 2. The molecule has 1 amide bonds. The molecule has 0 saturated carbocycles. The summed E-state index contributed by atoms with van der Waals surface area (Å²) in [6.07, 6.45) is 10.7. The van der Waals surface area contributed by atoms with Gasteiger partial charge in [0, 0.05) is 11.8 Å². The van der Waals surface area contributed by atoms with E-state index in [0.717, 1.165) is 28.8 Å². The Bertz CT molecular complexity index is 693. The Balaban J connectivity index is 0.00000113. The van der Waals surface area contributed by atoms with Gasteiger partial charge in [0.1, 0.15) is 0 Å². The molecule has 0 heterocycles. The van der Waals surface area contributed by atoms with E-state index >= 15 is 0 Å². The molecule has 0 atom stereocenters. The van der Waals surface area contributed by atoms with Crippen LogP contribution in [-0.4, -0.2) is 17.5 Å². The van der Waals surface area contributed by atoms with Crippen LogP contribution in [0.4, 0.5) is 0 Å². The predicted molar refractivity (Wildman–Crippen MR) is 109 cm³/mol. The maximum atomic E-state index is 12.1. The number of carbonyl (C=O) groups excluding carboxylic acids is 1. The number of nitrogens with one attached hydrogen (secondary N) is 1. The van der Waals surface area contributed by atoms with Crippen LogP contribution < -0.4 is 5.32 Å². The molecule has 0 saturated heterocycles. The summed E-state index contributed by atoms with van der Waals surface area (Å²) in [6, 6.07) is 8.17. The number of rotatable bonds is 3. The monoisotopic (exact) mass is 355 g/mol. The summed E-state index contributed by atoms with van der Waals surface area (Å²) in [6.45, 7) is 9.75. The van der Waals surface area contributed by atoms with Crippen LogP contribution in [0.3, 0.4) is 0 Å². The summed E-state index contributed by atoms with van der Waals surface area (Å²) in [4.78, 5) is 20.5.